The average molecular weight is 422 g/mol. The smallest absolute Gasteiger partial charge is 0.328 e. The van der Waals surface area contributed by atoms with E-state index < -0.39 is 11.2 Å². The van der Waals surface area contributed by atoms with E-state index in [1.807, 2.05) is 0 Å². The maximum absolute atomic E-state index is 12.6. The van der Waals surface area contributed by atoms with Gasteiger partial charge in [-0.2, -0.15) is 0 Å². The summed E-state index contributed by atoms with van der Waals surface area (Å²) in [6, 6.07) is 10.4. The predicted octanol–water partition coefficient (Wildman–Crippen LogP) is 3.07. The Morgan fingerprint density at radius 2 is 1.94 bits per heavy atom. The molecule has 0 unspecified atom stereocenters. The SMILES string of the molecule is O=C(CCn1c(=O)[nH]c(=O)c2ccccc21)Nc1ncccc1OCC1CCCCC1. The van der Waals surface area contributed by atoms with E-state index in [0.717, 1.165) is 0 Å². The summed E-state index contributed by atoms with van der Waals surface area (Å²) in [4.78, 5) is 43.3. The molecule has 1 aliphatic carbocycles. The normalized spacial score (nSPS) is 14.5. The van der Waals surface area contributed by atoms with E-state index in [2.05, 4.69) is 15.3 Å². The Balaban J connectivity index is 1.41. The number of amides is 1. The summed E-state index contributed by atoms with van der Waals surface area (Å²) in [5.74, 6) is 1.18. The molecule has 8 nitrogen and oxygen atoms in total. The number of fused-ring (bicyclic) bond motifs is 1. The molecule has 1 aliphatic rings. The van der Waals surface area contributed by atoms with Crippen LogP contribution in [0.5, 0.6) is 5.75 Å². The lowest BCUT2D eigenvalue weighted by Crippen LogP contribution is -2.31. The summed E-state index contributed by atoms with van der Waals surface area (Å²) in [5, 5.41) is 3.19. The van der Waals surface area contributed by atoms with Crippen LogP contribution in [0.4, 0.5) is 5.82 Å². The topological polar surface area (TPSA) is 106 Å². The van der Waals surface area contributed by atoms with Crippen LogP contribution in [0.2, 0.25) is 0 Å². The number of carbonyl (C=O) groups is 1. The van der Waals surface area contributed by atoms with Crippen molar-refractivity contribution in [1.82, 2.24) is 14.5 Å². The van der Waals surface area contributed by atoms with Crippen LogP contribution in [0, 0.1) is 5.92 Å². The number of nitrogens with zero attached hydrogens (tertiary/aromatic N) is 2. The molecule has 0 aliphatic heterocycles. The van der Waals surface area contributed by atoms with Crippen molar-refractivity contribution in [3.05, 3.63) is 63.4 Å². The molecule has 8 heteroatoms. The van der Waals surface area contributed by atoms with Crippen LogP contribution >= 0.6 is 0 Å². The van der Waals surface area contributed by atoms with Crippen molar-refractivity contribution < 1.29 is 9.53 Å². The zero-order chi connectivity index (χ0) is 21.6. The third-order valence-corrected chi connectivity index (χ3v) is 5.70. The number of aromatic nitrogens is 3. The van der Waals surface area contributed by atoms with Crippen molar-refractivity contribution >= 4 is 22.6 Å². The van der Waals surface area contributed by atoms with Gasteiger partial charge in [-0.15, -0.1) is 0 Å². The van der Waals surface area contributed by atoms with Crippen molar-refractivity contribution in [3.8, 4) is 5.75 Å². The minimum absolute atomic E-state index is 0.0502. The zero-order valence-corrected chi connectivity index (χ0v) is 17.3. The number of aryl methyl sites for hydroxylation is 1. The third-order valence-electron chi connectivity index (χ3n) is 5.70. The van der Waals surface area contributed by atoms with Crippen molar-refractivity contribution in [1.29, 1.82) is 0 Å². The van der Waals surface area contributed by atoms with Gasteiger partial charge in [0.25, 0.3) is 5.56 Å². The molecule has 4 rings (SSSR count). The van der Waals surface area contributed by atoms with E-state index in [0.29, 0.717) is 35.0 Å². The molecule has 2 heterocycles. The highest BCUT2D eigenvalue weighted by atomic mass is 16.5. The van der Waals surface area contributed by atoms with Gasteiger partial charge in [-0.25, -0.2) is 9.78 Å². The molecule has 1 aromatic carbocycles. The summed E-state index contributed by atoms with van der Waals surface area (Å²) in [5.41, 5.74) is -0.473. The molecule has 162 valence electrons. The predicted molar refractivity (Wildman–Crippen MR) is 118 cm³/mol. The number of hydrogen-bond acceptors (Lipinski definition) is 5. The maximum Gasteiger partial charge on any atom is 0.328 e. The lowest BCUT2D eigenvalue weighted by molar-refractivity contribution is -0.116. The number of anilines is 1. The van der Waals surface area contributed by atoms with Gasteiger partial charge < -0.3 is 10.1 Å². The molecule has 3 aromatic rings. The average Bonchev–Trinajstić information content (AvgIpc) is 2.79. The Morgan fingerprint density at radius 1 is 1.13 bits per heavy atom. The van der Waals surface area contributed by atoms with Crippen LogP contribution in [0.1, 0.15) is 38.5 Å². The first kappa shape index (κ1) is 20.8. The summed E-state index contributed by atoms with van der Waals surface area (Å²) >= 11 is 0. The molecule has 0 saturated heterocycles. The first-order valence-electron chi connectivity index (χ1n) is 10.7. The largest absolute Gasteiger partial charge is 0.489 e. The Kier molecular flexibility index (Phi) is 6.45. The molecule has 0 atom stereocenters. The lowest BCUT2D eigenvalue weighted by Gasteiger charge is -2.22. The Labute approximate surface area is 179 Å². The van der Waals surface area contributed by atoms with Gasteiger partial charge in [0.1, 0.15) is 0 Å². The highest BCUT2D eigenvalue weighted by Crippen LogP contribution is 2.27. The van der Waals surface area contributed by atoms with E-state index in [-0.39, 0.29) is 18.9 Å². The molecule has 1 saturated carbocycles. The monoisotopic (exact) mass is 422 g/mol. The third kappa shape index (κ3) is 5.02. The van der Waals surface area contributed by atoms with E-state index in [4.69, 9.17) is 4.74 Å². The molecule has 1 amide bonds. The first-order valence-corrected chi connectivity index (χ1v) is 10.7. The highest BCUT2D eigenvalue weighted by molar-refractivity contribution is 5.91. The fraction of sp³-hybridized carbons (Fsp3) is 0.391. The first-order chi connectivity index (χ1) is 15.1. The van der Waals surface area contributed by atoms with E-state index in [9.17, 15) is 14.4 Å². The Bertz CT molecular complexity index is 1180. The van der Waals surface area contributed by atoms with Crippen LogP contribution in [0.25, 0.3) is 10.9 Å². The number of benzene rings is 1. The molecule has 0 bridgehead atoms. The van der Waals surface area contributed by atoms with Gasteiger partial charge in [0.2, 0.25) is 5.91 Å². The molecule has 1 fully saturated rings. The molecule has 2 aromatic heterocycles. The van der Waals surface area contributed by atoms with Gasteiger partial charge in [-0.05, 0) is 43.0 Å². The number of aromatic amines is 1. The molecular formula is C23H26N4O4. The van der Waals surface area contributed by atoms with E-state index >= 15 is 0 Å². The second kappa shape index (κ2) is 9.59. The summed E-state index contributed by atoms with van der Waals surface area (Å²) in [6.07, 6.45) is 7.76. The minimum atomic E-state index is -0.536. The van der Waals surface area contributed by atoms with Crippen LogP contribution in [0.3, 0.4) is 0 Å². The van der Waals surface area contributed by atoms with Crippen molar-refractivity contribution in [2.45, 2.75) is 45.1 Å². The maximum atomic E-state index is 12.6. The van der Waals surface area contributed by atoms with Gasteiger partial charge in [0, 0.05) is 19.2 Å². The lowest BCUT2D eigenvalue weighted by atomic mass is 9.90. The fourth-order valence-electron chi connectivity index (χ4n) is 4.03. The summed E-state index contributed by atoms with van der Waals surface area (Å²) < 4.78 is 7.36. The zero-order valence-electron chi connectivity index (χ0n) is 17.3. The number of para-hydroxylation sites is 1. The van der Waals surface area contributed by atoms with Crippen LogP contribution < -0.4 is 21.3 Å². The quantitative estimate of drug-likeness (QED) is 0.609. The van der Waals surface area contributed by atoms with Crippen LogP contribution in [-0.4, -0.2) is 27.0 Å². The number of rotatable bonds is 7. The van der Waals surface area contributed by atoms with Crippen molar-refractivity contribution in [2.24, 2.45) is 5.92 Å². The molecule has 0 radical (unpaired) electrons. The highest BCUT2D eigenvalue weighted by Gasteiger charge is 2.16. The molecule has 31 heavy (non-hydrogen) atoms. The minimum Gasteiger partial charge on any atom is -0.489 e. The number of hydrogen-bond donors (Lipinski definition) is 2. The second-order valence-corrected chi connectivity index (χ2v) is 7.89. The number of H-pyrrole nitrogens is 1. The van der Waals surface area contributed by atoms with Gasteiger partial charge >= 0.3 is 5.69 Å². The Hall–Kier alpha value is -3.42. The molecular weight excluding hydrogens is 396 g/mol. The van der Waals surface area contributed by atoms with Gasteiger partial charge in [0.15, 0.2) is 11.6 Å². The van der Waals surface area contributed by atoms with Crippen LogP contribution in [-0.2, 0) is 11.3 Å². The van der Waals surface area contributed by atoms with Crippen molar-refractivity contribution in [3.63, 3.8) is 0 Å². The van der Waals surface area contributed by atoms with E-state index in [1.165, 1.54) is 36.7 Å². The van der Waals surface area contributed by atoms with Gasteiger partial charge in [0.05, 0.1) is 17.5 Å². The second-order valence-electron chi connectivity index (χ2n) is 7.89. The molecule has 2 N–H and O–H groups in total. The van der Waals surface area contributed by atoms with Crippen molar-refractivity contribution in [2.75, 3.05) is 11.9 Å². The molecule has 0 spiro atoms. The summed E-state index contributed by atoms with van der Waals surface area (Å²) in [7, 11) is 0. The number of nitrogens with one attached hydrogen (secondary N) is 2. The van der Waals surface area contributed by atoms with Crippen LogP contribution in [0.15, 0.2) is 52.2 Å². The van der Waals surface area contributed by atoms with Gasteiger partial charge in [-0.3, -0.25) is 19.1 Å². The number of carbonyl (C=O) groups excluding carboxylic acids is 1. The van der Waals surface area contributed by atoms with E-state index in [1.54, 1.807) is 42.6 Å². The Morgan fingerprint density at radius 3 is 2.77 bits per heavy atom. The van der Waals surface area contributed by atoms with Gasteiger partial charge in [-0.1, -0.05) is 31.4 Å². The number of pyridine rings is 1. The standard InChI is InChI=1S/C23H26N4O4/c28-20(12-14-27-18-10-5-4-9-17(18)22(29)26-23(27)30)25-21-19(11-6-13-24-21)31-15-16-7-2-1-3-8-16/h4-6,9-11,13,16H,1-3,7-8,12,14-15H2,(H,24,25,28)(H,26,29,30). The number of ether oxygens (including phenoxy) is 1. The fourth-order valence-corrected chi connectivity index (χ4v) is 4.03. The summed E-state index contributed by atoms with van der Waals surface area (Å²) in [6.45, 7) is 0.750.